The standard InChI is InChI=1S/C22H21BrN2/c1-15-5-9-20(10-6-15)24-18(4)22-13-16(2)11-12-25(22)21-14-19(23)8-7-17(21)3/h5-12,14,24H,4H2,1-3H3. The Morgan fingerprint density at radius 2 is 1.80 bits per heavy atom. The summed E-state index contributed by atoms with van der Waals surface area (Å²) in [6, 6.07) is 14.6. The van der Waals surface area contributed by atoms with Gasteiger partial charge in [0.15, 0.2) is 0 Å². The quantitative estimate of drug-likeness (QED) is 0.600. The highest BCUT2D eigenvalue weighted by Crippen LogP contribution is 2.31. The molecule has 0 fully saturated rings. The minimum absolute atomic E-state index is 0.812. The fraction of sp³-hybridized carbons (Fsp3) is 0.136. The van der Waals surface area contributed by atoms with Crippen molar-refractivity contribution in [3.8, 4) is 0 Å². The van der Waals surface area contributed by atoms with Crippen molar-refractivity contribution >= 4 is 27.3 Å². The maximum absolute atomic E-state index is 4.25. The Morgan fingerprint density at radius 3 is 2.52 bits per heavy atom. The zero-order valence-corrected chi connectivity index (χ0v) is 16.3. The second-order valence-corrected chi connectivity index (χ2v) is 7.16. The van der Waals surface area contributed by atoms with Gasteiger partial charge in [-0.3, -0.25) is 0 Å². The number of allylic oxidation sites excluding steroid dienone is 1. The van der Waals surface area contributed by atoms with Gasteiger partial charge in [-0.25, -0.2) is 0 Å². The third-order valence-corrected chi connectivity index (χ3v) is 4.59. The van der Waals surface area contributed by atoms with Crippen LogP contribution in [0.25, 0.3) is 0 Å². The molecule has 126 valence electrons. The predicted molar refractivity (Wildman–Crippen MR) is 111 cm³/mol. The van der Waals surface area contributed by atoms with E-state index in [1.165, 1.54) is 11.1 Å². The maximum Gasteiger partial charge on any atom is 0.112 e. The Hall–Kier alpha value is -2.48. The highest BCUT2D eigenvalue weighted by Gasteiger charge is 2.17. The van der Waals surface area contributed by atoms with Crippen LogP contribution in [0.4, 0.5) is 11.4 Å². The van der Waals surface area contributed by atoms with E-state index < -0.39 is 0 Å². The first-order chi connectivity index (χ1) is 11.9. The van der Waals surface area contributed by atoms with Crippen molar-refractivity contribution in [1.82, 2.24) is 0 Å². The Bertz CT molecular complexity index is 914. The van der Waals surface area contributed by atoms with Crippen LogP contribution in [0, 0.1) is 13.8 Å². The molecule has 2 nitrogen and oxygen atoms in total. The number of halogens is 1. The van der Waals surface area contributed by atoms with E-state index >= 15 is 0 Å². The average molecular weight is 393 g/mol. The molecule has 1 aliphatic heterocycles. The van der Waals surface area contributed by atoms with Crippen LogP contribution in [-0.4, -0.2) is 0 Å². The van der Waals surface area contributed by atoms with Crippen LogP contribution in [0.5, 0.6) is 0 Å². The van der Waals surface area contributed by atoms with Gasteiger partial charge in [-0.1, -0.05) is 52.0 Å². The van der Waals surface area contributed by atoms with Crippen molar-refractivity contribution in [2.45, 2.75) is 20.8 Å². The molecule has 3 rings (SSSR count). The van der Waals surface area contributed by atoms with Gasteiger partial charge in [0.25, 0.3) is 0 Å². The minimum Gasteiger partial charge on any atom is -0.354 e. The van der Waals surface area contributed by atoms with Crippen LogP contribution in [-0.2, 0) is 0 Å². The third kappa shape index (κ3) is 3.96. The number of nitrogens with one attached hydrogen (secondary N) is 1. The summed E-state index contributed by atoms with van der Waals surface area (Å²) in [5, 5.41) is 3.40. The van der Waals surface area contributed by atoms with E-state index in [-0.39, 0.29) is 0 Å². The molecule has 0 aromatic heterocycles. The topological polar surface area (TPSA) is 15.3 Å². The summed E-state index contributed by atoms with van der Waals surface area (Å²) < 4.78 is 1.05. The van der Waals surface area contributed by atoms with Crippen molar-refractivity contribution in [3.05, 3.63) is 99.6 Å². The summed E-state index contributed by atoms with van der Waals surface area (Å²) in [6.45, 7) is 10.5. The fourth-order valence-electron chi connectivity index (χ4n) is 2.68. The molecule has 2 aromatic rings. The summed E-state index contributed by atoms with van der Waals surface area (Å²) in [5.74, 6) is 0. The molecule has 25 heavy (non-hydrogen) atoms. The van der Waals surface area contributed by atoms with Crippen molar-refractivity contribution in [3.63, 3.8) is 0 Å². The highest BCUT2D eigenvalue weighted by atomic mass is 79.9. The van der Waals surface area contributed by atoms with Gasteiger partial charge in [-0.05, 0) is 62.2 Å². The lowest BCUT2D eigenvalue weighted by atomic mass is 10.1. The van der Waals surface area contributed by atoms with Gasteiger partial charge >= 0.3 is 0 Å². The van der Waals surface area contributed by atoms with Crippen molar-refractivity contribution in [2.24, 2.45) is 0 Å². The molecule has 0 bridgehead atoms. The number of aryl methyl sites for hydroxylation is 2. The zero-order chi connectivity index (χ0) is 18.0. The van der Waals surface area contributed by atoms with Gasteiger partial charge in [-0.15, -0.1) is 0 Å². The molecular weight excluding hydrogens is 372 g/mol. The fourth-order valence-corrected chi connectivity index (χ4v) is 3.03. The highest BCUT2D eigenvalue weighted by molar-refractivity contribution is 9.10. The Morgan fingerprint density at radius 1 is 1.08 bits per heavy atom. The molecule has 0 atom stereocenters. The number of hydrogen-bond acceptors (Lipinski definition) is 2. The lowest BCUT2D eigenvalue weighted by Crippen LogP contribution is -2.21. The molecule has 3 heteroatoms. The molecule has 0 spiro atoms. The van der Waals surface area contributed by atoms with Gasteiger partial charge in [0.1, 0.15) is 5.70 Å². The Kier molecular flexibility index (Phi) is 4.98. The van der Waals surface area contributed by atoms with E-state index in [9.17, 15) is 0 Å². The van der Waals surface area contributed by atoms with Crippen LogP contribution in [0.2, 0.25) is 0 Å². The molecule has 0 radical (unpaired) electrons. The van der Waals surface area contributed by atoms with Crippen molar-refractivity contribution in [2.75, 3.05) is 10.2 Å². The first-order valence-electron chi connectivity index (χ1n) is 8.18. The van der Waals surface area contributed by atoms with Crippen LogP contribution >= 0.6 is 15.9 Å². The summed E-state index contributed by atoms with van der Waals surface area (Å²) in [7, 11) is 0. The van der Waals surface area contributed by atoms with Gasteiger partial charge in [0.05, 0.1) is 11.4 Å². The van der Waals surface area contributed by atoms with E-state index in [2.05, 4.69) is 107 Å². The van der Waals surface area contributed by atoms with Crippen molar-refractivity contribution < 1.29 is 0 Å². The first-order valence-corrected chi connectivity index (χ1v) is 8.97. The average Bonchev–Trinajstić information content (AvgIpc) is 2.59. The van der Waals surface area contributed by atoms with Gasteiger partial charge in [0, 0.05) is 16.4 Å². The predicted octanol–water partition coefficient (Wildman–Crippen LogP) is 6.45. The molecule has 1 N–H and O–H groups in total. The number of nitrogens with zero attached hydrogens (tertiary/aromatic N) is 1. The Balaban J connectivity index is 1.96. The monoisotopic (exact) mass is 392 g/mol. The lowest BCUT2D eigenvalue weighted by molar-refractivity contribution is 1.12. The van der Waals surface area contributed by atoms with E-state index in [4.69, 9.17) is 0 Å². The van der Waals surface area contributed by atoms with E-state index in [0.29, 0.717) is 0 Å². The summed E-state index contributed by atoms with van der Waals surface area (Å²) in [5.41, 5.74) is 10.8. The second kappa shape index (κ2) is 7.18. The normalized spacial score (nSPS) is 13.4. The summed E-state index contributed by atoms with van der Waals surface area (Å²) in [4.78, 5) is 2.12. The second-order valence-electron chi connectivity index (χ2n) is 6.24. The van der Waals surface area contributed by atoms with Gasteiger partial charge < -0.3 is 10.2 Å². The summed E-state index contributed by atoms with van der Waals surface area (Å²) in [6.07, 6.45) is 4.13. The number of anilines is 2. The number of hydrogen-bond donors (Lipinski definition) is 1. The third-order valence-electron chi connectivity index (χ3n) is 4.09. The van der Waals surface area contributed by atoms with Gasteiger partial charge in [0.2, 0.25) is 0 Å². The maximum atomic E-state index is 4.25. The van der Waals surface area contributed by atoms with E-state index in [1.807, 2.05) is 6.92 Å². The Labute approximate surface area is 158 Å². The van der Waals surface area contributed by atoms with E-state index in [1.54, 1.807) is 0 Å². The molecule has 0 amide bonds. The summed E-state index contributed by atoms with van der Waals surface area (Å²) >= 11 is 3.57. The van der Waals surface area contributed by atoms with Gasteiger partial charge in [-0.2, -0.15) is 0 Å². The molecule has 1 heterocycles. The number of benzene rings is 2. The molecule has 2 aromatic carbocycles. The lowest BCUT2D eigenvalue weighted by Gasteiger charge is -2.28. The zero-order valence-electron chi connectivity index (χ0n) is 14.7. The molecule has 0 saturated heterocycles. The molecular formula is C22H21BrN2. The molecule has 0 saturated carbocycles. The molecule has 0 aliphatic carbocycles. The van der Waals surface area contributed by atoms with Crippen LogP contribution < -0.4 is 10.2 Å². The van der Waals surface area contributed by atoms with Crippen LogP contribution in [0.3, 0.4) is 0 Å². The van der Waals surface area contributed by atoms with Crippen LogP contribution in [0.15, 0.2) is 88.5 Å². The smallest absolute Gasteiger partial charge is 0.112 e. The molecule has 0 unspecified atom stereocenters. The minimum atomic E-state index is 0.812. The largest absolute Gasteiger partial charge is 0.354 e. The van der Waals surface area contributed by atoms with Crippen molar-refractivity contribution in [1.29, 1.82) is 0 Å². The number of rotatable bonds is 4. The SMILES string of the molecule is C=C(Nc1ccc(C)cc1)C1=C=C(C)C=CN1c1cc(Br)ccc1C. The van der Waals surface area contributed by atoms with Crippen LogP contribution in [0.1, 0.15) is 18.1 Å². The van der Waals surface area contributed by atoms with E-state index in [0.717, 1.165) is 32.8 Å². The first kappa shape index (κ1) is 17.3. The molecule has 1 aliphatic rings.